The van der Waals surface area contributed by atoms with Gasteiger partial charge in [-0.1, -0.05) is 11.6 Å². The lowest BCUT2D eigenvalue weighted by Gasteiger charge is -2.12. The first-order valence-electron chi connectivity index (χ1n) is 10.5. The first-order chi connectivity index (χ1) is 17.2. The molecule has 1 heterocycles. The van der Waals surface area contributed by atoms with Gasteiger partial charge in [0.05, 0.1) is 19.2 Å². The van der Waals surface area contributed by atoms with Crippen LogP contribution in [0.1, 0.15) is 21.5 Å². The molecule has 6 nitrogen and oxygen atoms in total. The van der Waals surface area contributed by atoms with Crippen molar-refractivity contribution >= 4 is 23.3 Å². The molecule has 1 amide bonds. The van der Waals surface area contributed by atoms with Gasteiger partial charge in [0, 0.05) is 34.5 Å². The highest BCUT2D eigenvalue weighted by atomic mass is 35.5. The van der Waals surface area contributed by atoms with Gasteiger partial charge in [-0.2, -0.15) is 5.10 Å². The molecule has 11 heteroatoms. The second-order valence-electron chi connectivity index (χ2n) is 7.57. The van der Waals surface area contributed by atoms with Crippen LogP contribution < -0.4 is 14.8 Å². The highest BCUT2D eigenvalue weighted by Gasteiger charge is 2.20. The average molecular weight is 520 g/mol. The van der Waals surface area contributed by atoms with Crippen molar-refractivity contribution in [3.05, 3.63) is 106 Å². The van der Waals surface area contributed by atoms with Crippen LogP contribution in [0.3, 0.4) is 0 Å². The molecule has 0 atom stereocenters. The number of nitrogens with one attached hydrogen (secondary N) is 1. The zero-order valence-corrected chi connectivity index (χ0v) is 19.5. The number of hydrogen-bond donors (Lipinski definition) is 1. The number of ether oxygens (including phenoxy) is 2. The molecule has 0 aliphatic heterocycles. The smallest absolute Gasteiger partial charge is 0.256 e. The van der Waals surface area contributed by atoms with Crippen molar-refractivity contribution in [3.8, 4) is 11.5 Å². The number of aromatic nitrogens is 2. The average Bonchev–Trinajstić information content (AvgIpc) is 3.31. The monoisotopic (exact) mass is 519 g/mol. The normalized spacial score (nSPS) is 10.8. The molecule has 0 aliphatic rings. The Morgan fingerprint density at radius 1 is 1.00 bits per heavy atom. The third kappa shape index (κ3) is 5.60. The summed E-state index contributed by atoms with van der Waals surface area (Å²) in [6.45, 7) is -0.473. The molecule has 0 saturated carbocycles. The highest BCUT2D eigenvalue weighted by molar-refractivity contribution is 6.30. The van der Waals surface area contributed by atoms with E-state index in [-0.39, 0.29) is 24.1 Å². The molecule has 0 radical (unpaired) electrons. The maximum absolute atomic E-state index is 13.9. The molecule has 0 aliphatic carbocycles. The van der Waals surface area contributed by atoms with E-state index in [0.29, 0.717) is 22.1 Å². The van der Waals surface area contributed by atoms with Crippen LogP contribution >= 0.6 is 11.6 Å². The largest absolute Gasteiger partial charge is 0.496 e. The Kier molecular flexibility index (Phi) is 7.44. The van der Waals surface area contributed by atoms with E-state index in [1.54, 1.807) is 36.4 Å². The van der Waals surface area contributed by atoms with E-state index in [1.165, 1.54) is 25.4 Å². The fourth-order valence-corrected chi connectivity index (χ4v) is 3.48. The Morgan fingerprint density at radius 2 is 1.69 bits per heavy atom. The third-order valence-corrected chi connectivity index (χ3v) is 5.41. The van der Waals surface area contributed by atoms with Crippen LogP contribution in [0.15, 0.2) is 60.8 Å². The summed E-state index contributed by atoms with van der Waals surface area (Å²) in [5, 5.41) is 7.13. The van der Waals surface area contributed by atoms with Crippen molar-refractivity contribution in [2.24, 2.45) is 0 Å². The molecular weight excluding hydrogens is 502 g/mol. The van der Waals surface area contributed by atoms with Crippen LogP contribution in [0.2, 0.25) is 5.02 Å². The number of carbonyl (C=O) groups excluding carboxylic acids is 1. The van der Waals surface area contributed by atoms with Crippen LogP contribution in [-0.4, -0.2) is 22.8 Å². The Morgan fingerprint density at radius 3 is 2.36 bits per heavy atom. The van der Waals surface area contributed by atoms with Gasteiger partial charge in [-0.25, -0.2) is 17.6 Å². The number of halogens is 5. The van der Waals surface area contributed by atoms with Gasteiger partial charge in [-0.15, -0.1) is 0 Å². The van der Waals surface area contributed by atoms with E-state index in [1.807, 2.05) is 0 Å². The number of anilines is 1. The summed E-state index contributed by atoms with van der Waals surface area (Å²) in [6, 6.07) is 13.0. The summed E-state index contributed by atoms with van der Waals surface area (Å²) < 4.78 is 66.9. The molecule has 4 aromatic rings. The zero-order chi connectivity index (χ0) is 25.8. The minimum atomic E-state index is -1.51. The summed E-state index contributed by atoms with van der Waals surface area (Å²) in [4.78, 5) is 12.8. The first-order valence-corrected chi connectivity index (χ1v) is 10.8. The second-order valence-corrected chi connectivity index (χ2v) is 8.01. The van der Waals surface area contributed by atoms with Gasteiger partial charge in [0.15, 0.2) is 29.1 Å². The van der Waals surface area contributed by atoms with Crippen LogP contribution in [0.25, 0.3) is 0 Å². The van der Waals surface area contributed by atoms with E-state index >= 15 is 0 Å². The predicted molar refractivity (Wildman–Crippen MR) is 124 cm³/mol. The third-order valence-electron chi connectivity index (χ3n) is 5.16. The SMILES string of the molecule is COc1ccc(C(=O)Nc2ccn(Cc3c(F)c(F)cc(F)c3F)n2)cc1COc1ccc(Cl)cc1. The minimum absolute atomic E-state index is 0.0625. The maximum Gasteiger partial charge on any atom is 0.256 e. The van der Waals surface area contributed by atoms with Gasteiger partial charge < -0.3 is 14.8 Å². The topological polar surface area (TPSA) is 65.4 Å². The van der Waals surface area contributed by atoms with Crippen LogP contribution in [0, 0.1) is 23.3 Å². The summed E-state index contributed by atoms with van der Waals surface area (Å²) in [5.74, 6) is -5.43. The van der Waals surface area contributed by atoms with E-state index in [2.05, 4.69) is 10.4 Å². The lowest BCUT2D eigenvalue weighted by atomic mass is 10.1. The molecule has 0 unspecified atom stereocenters. The lowest BCUT2D eigenvalue weighted by Crippen LogP contribution is -2.14. The molecule has 36 heavy (non-hydrogen) atoms. The number of carbonyl (C=O) groups is 1. The maximum atomic E-state index is 13.9. The van der Waals surface area contributed by atoms with E-state index in [0.717, 1.165) is 4.68 Å². The Bertz CT molecular complexity index is 1380. The highest BCUT2D eigenvalue weighted by Crippen LogP contribution is 2.24. The predicted octanol–water partition coefficient (Wildman–Crippen LogP) is 5.98. The van der Waals surface area contributed by atoms with Crippen LogP contribution in [0.5, 0.6) is 11.5 Å². The number of hydrogen-bond acceptors (Lipinski definition) is 4. The second kappa shape index (κ2) is 10.7. The van der Waals surface area contributed by atoms with Gasteiger partial charge in [-0.05, 0) is 42.5 Å². The molecule has 0 saturated heterocycles. The van der Waals surface area contributed by atoms with Gasteiger partial charge in [-0.3, -0.25) is 9.48 Å². The Hall–Kier alpha value is -4.05. The summed E-state index contributed by atoms with van der Waals surface area (Å²) in [7, 11) is 1.49. The first kappa shape index (κ1) is 25.1. The van der Waals surface area contributed by atoms with Gasteiger partial charge in [0.2, 0.25) is 0 Å². The lowest BCUT2D eigenvalue weighted by molar-refractivity contribution is 0.102. The molecule has 0 spiro atoms. The van der Waals surface area contributed by atoms with E-state index in [9.17, 15) is 22.4 Å². The number of rotatable bonds is 8. The van der Waals surface area contributed by atoms with Crippen molar-refractivity contribution in [2.45, 2.75) is 13.2 Å². The number of benzene rings is 3. The molecule has 3 aromatic carbocycles. The Balaban J connectivity index is 1.46. The summed E-state index contributed by atoms with van der Waals surface area (Å²) in [5.41, 5.74) is 0.0445. The zero-order valence-electron chi connectivity index (χ0n) is 18.7. The van der Waals surface area contributed by atoms with Crippen molar-refractivity contribution in [3.63, 3.8) is 0 Å². The number of methoxy groups -OCH3 is 1. The molecule has 0 bridgehead atoms. The standard InChI is InChI=1S/C25H18ClF4N3O3/c1-35-21-7-2-14(10-15(21)13-36-17-5-3-16(26)4-6-17)25(34)31-22-8-9-33(32-22)12-18-23(29)19(27)11-20(28)24(18)30/h2-11H,12-13H2,1H3,(H,31,32,34). The molecule has 4 rings (SSSR count). The Labute approximate surface area is 208 Å². The van der Waals surface area contributed by atoms with Gasteiger partial charge in [0.1, 0.15) is 18.1 Å². The number of nitrogens with zero attached hydrogens (tertiary/aromatic N) is 2. The molecule has 186 valence electrons. The fraction of sp³-hybridized carbons (Fsp3) is 0.120. The number of amides is 1. The quantitative estimate of drug-likeness (QED) is 0.230. The van der Waals surface area contributed by atoms with Gasteiger partial charge >= 0.3 is 0 Å². The van der Waals surface area contributed by atoms with Crippen LogP contribution in [-0.2, 0) is 13.2 Å². The van der Waals surface area contributed by atoms with Crippen molar-refractivity contribution in [2.75, 3.05) is 12.4 Å². The van der Waals surface area contributed by atoms with Crippen LogP contribution in [0.4, 0.5) is 23.4 Å². The van der Waals surface area contributed by atoms with Crippen molar-refractivity contribution in [1.29, 1.82) is 0 Å². The van der Waals surface area contributed by atoms with E-state index < -0.39 is 41.3 Å². The summed E-state index contributed by atoms with van der Waals surface area (Å²) in [6.07, 6.45) is 1.30. The fourth-order valence-electron chi connectivity index (χ4n) is 3.35. The summed E-state index contributed by atoms with van der Waals surface area (Å²) >= 11 is 5.88. The van der Waals surface area contributed by atoms with E-state index in [4.69, 9.17) is 21.1 Å². The van der Waals surface area contributed by atoms with Crippen molar-refractivity contribution in [1.82, 2.24) is 9.78 Å². The molecule has 1 aromatic heterocycles. The molecule has 0 fully saturated rings. The molecule has 1 N–H and O–H groups in total. The minimum Gasteiger partial charge on any atom is -0.496 e. The van der Waals surface area contributed by atoms with Gasteiger partial charge in [0.25, 0.3) is 5.91 Å². The molecular formula is C25H18ClF4N3O3. The van der Waals surface area contributed by atoms with Crippen molar-refractivity contribution < 1.29 is 31.8 Å².